The Balaban J connectivity index is 2.33. The molecule has 2 rings (SSSR count). The van der Waals surface area contributed by atoms with Crippen LogP contribution in [-0.2, 0) is 12.0 Å². The summed E-state index contributed by atoms with van der Waals surface area (Å²) in [5.74, 6) is 1.67. The normalized spacial score (nSPS) is 11.5. The van der Waals surface area contributed by atoms with Crippen LogP contribution in [0.4, 0.5) is 0 Å². The molecular weight excluding hydrogens is 260 g/mol. The lowest BCUT2D eigenvalue weighted by Crippen LogP contribution is -2.13. The molecule has 0 amide bonds. The van der Waals surface area contributed by atoms with Crippen LogP contribution in [0.1, 0.15) is 37.5 Å². The summed E-state index contributed by atoms with van der Waals surface area (Å²) in [6.45, 7) is 9.48. The first-order chi connectivity index (χ1) is 9.90. The maximum atomic E-state index is 6.09. The van der Waals surface area contributed by atoms with Crippen molar-refractivity contribution >= 4 is 0 Å². The smallest absolute Gasteiger partial charge is 0.146 e. The van der Waals surface area contributed by atoms with E-state index in [0.29, 0.717) is 0 Å². The summed E-state index contributed by atoms with van der Waals surface area (Å²) in [7, 11) is 1.92. The van der Waals surface area contributed by atoms with Crippen LogP contribution in [-0.4, -0.2) is 12.0 Å². The first kappa shape index (κ1) is 15.5. The van der Waals surface area contributed by atoms with Crippen LogP contribution in [0.2, 0.25) is 0 Å². The van der Waals surface area contributed by atoms with Crippen LogP contribution in [0.25, 0.3) is 0 Å². The Labute approximate surface area is 127 Å². The minimum absolute atomic E-state index is 0.0391. The van der Waals surface area contributed by atoms with Gasteiger partial charge >= 0.3 is 0 Å². The van der Waals surface area contributed by atoms with Gasteiger partial charge in [-0.2, -0.15) is 0 Å². The maximum Gasteiger partial charge on any atom is 0.146 e. The topological polar surface area (TPSA) is 34.2 Å². The number of hydrogen-bond acceptors (Lipinski definition) is 3. The summed E-state index contributed by atoms with van der Waals surface area (Å²) in [6, 6.07) is 8.34. The Hall–Kier alpha value is -1.87. The van der Waals surface area contributed by atoms with E-state index in [-0.39, 0.29) is 5.41 Å². The largest absolute Gasteiger partial charge is 0.455 e. The lowest BCUT2D eigenvalue weighted by atomic mass is 9.85. The number of aromatic nitrogens is 1. The number of pyridine rings is 1. The third kappa shape index (κ3) is 4.05. The first-order valence-electron chi connectivity index (χ1n) is 7.27. The average molecular weight is 284 g/mol. The summed E-state index contributed by atoms with van der Waals surface area (Å²) in [5.41, 5.74) is 3.60. The molecule has 1 aromatic heterocycles. The highest BCUT2D eigenvalue weighted by atomic mass is 16.5. The molecule has 0 aliphatic heterocycles. The van der Waals surface area contributed by atoms with Crippen LogP contribution in [0.5, 0.6) is 11.5 Å². The fraction of sp³-hybridized carbons (Fsp3) is 0.389. The molecular formula is C18H24N2O. The van der Waals surface area contributed by atoms with Crippen molar-refractivity contribution in [2.75, 3.05) is 7.05 Å². The average Bonchev–Trinajstić information content (AvgIpc) is 2.40. The predicted octanol–water partition coefficient (Wildman–Crippen LogP) is 4.20. The summed E-state index contributed by atoms with van der Waals surface area (Å²) < 4.78 is 6.09. The Morgan fingerprint density at radius 3 is 2.57 bits per heavy atom. The third-order valence-electron chi connectivity index (χ3n) is 3.32. The molecule has 0 atom stereocenters. The summed E-state index contributed by atoms with van der Waals surface area (Å²) in [5, 5.41) is 3.12. The third-order valence-corrected chi connectivity index (χ3v) is 3.32. The van der Waals surface area contributed by atoms with E-state index in [4.69, 9.17) is 4.74 Å². The van der Waals surface area contributed by atoms with Crippen molar-refractivity contribution in [3.63, 3.8) is 0 Å². The molecule has 1 N–H and O–H groups in total. The lowest BCUT2D eigenvalue weighted by Gasteiger charge is -2.23. The minimum Gasteiger partial charge on any atom is -0.455 e. The molecule has 3 nitrogen and oxygen atoms in total. The molecule has 21 heavy (non-hydrogen) atoms. The monoisotopic (exact) mass is 284 g/mol. The van der Waals surface area contributed by atoms with Crippen LogP contribution in [0, 0.1) is 6.92 Å². The Morgan fingerprint density at radius 2 is 1.90 bits per heavy atom. The second-order valence-electron chi connectivity index (χ2n) is 6.41. The number of aryl methyl sites for hydroxylation is 1. The van der Waals surface area contributed by atoms with Gasteiger partial charge in [-0.25, -0.2) is 0 Å². The van der Waals surface area contributed by atoms with Crippen molar-refractivity contribution in [1.82, 2.24) is 10.3 Å². The van der Waals surface area contributed by atoms with E-state index >= 15 is 0 Å². The molecule has 2 aromatic rings. The standard InChI is InChI=1S/C18H24N2O/c1-13-6-7-17(16(8-13)18(2,3)4)21-15-9-14(10-19-5)11-20-12-15/h6-9,11-12,19H,10H2,1-5H3. The van der Waals surface area contributed by atoms with Gasteiger partial charge in [0.05, 0.1) is 6.20 Å². The van der Waals surface area contributed by atoms with Crippen molar-refractivity contribution in [3.05, 3.63) is 53.3 Å². The Kier molecular flexibility index (Phi) is 4.63. The Bertz CT molecular complexity index is 615. The van der Waals surface area contributed by atoms with Gasteiger partial charge in [-0.05, 0) is 37.1 Å². The van der Waals surface area contributed by atoms with Crippen molar-refractivity contribution in [2.24, 2.45) is 0 Å². The summed E-state index contributed by atoms with van der Waals surface area (Å²) in [6.07, 6.45) is 3.61. The Morgan fingerprint density at radius 1 is 1.14 bits per heavy atom. The van der Waals surface area contributed by atoms with Gasteiger partial charge in [-0.3, -0.25) is 4.98 Å². The fourth-order valence-electron chi connectivity index (χ4n) is 2.27. The van der Waals surface area contributed by atoms with Gasteiger partial charge < -0.3 is 10.1 Å². The molecule has 3 heteroatoms. The van der Waals surface area contributed by atoms with Gasteiger partial charge in [0, 0.05) is 18.3 Å². The second kappa shape index (κ2) is 6.27. The van der Waals surface area contributed by atoms with Gasteiger partial charge in [0.1, 0.15) is 11.5 Å². The predicted molar refractivity (Wildman–Crippen MR) is 87.0 cm³/mol. The molecule has 112 valence electrons. The number of nitrogens with zero attached hydrogens (tertiary/aromatic N) is 1. The molecule has 0 aliphatic carbocycles. The molecule has 0 fully saturated rings. The number of benzene rings is 1. The number of ether oxygens (including phenoxy) is 1. The number of nitrogens with one attached hydrogen (secondary N) is 1. The van der Waals surface area contributed by atoms with E-state index < -0.39 is 0 Å². The second-order valence-corrected chi connectivity index (χ2v) is 6.41. The highest BCUT2D eigenvalue weighted by Crippen LogP contribution is 2.34. The molecule has 0 bridgehead atoms. The van der Waals surface area contributed by atoms with E-state index in [0.717, 1.165) is 23.6 Å². The minimum atomic E-state index is 0.0391. The SMILES string of the molecule is CNCc1cncc(Oc2ccc(C)cc2C(C)(C)C)c1. The van der Waals surface area contributed by atoms with E-state index in [1.807, 2.05) is 25.4 Å². The lowest BCUT2D eigenvalue weighted by molar-refractivity contribution is 0.452. The van der Waals surface area contributed by atoms with Gasteiger partial charge in [-0.15, -0.1) is 0 Å². The van der Waals surface area contributed by atoms with Crippen molar-refractivity contribution in [2.45, 2.75) is 39.7 Å². The molecule has 0 aliphatic rings. The zero-order chi connectivity index (χ0) is 15.5. The summed E-state index contributed by atoms with van der Waals surface area (Å²) in [4.78, 5) is 4.24. The van der Waals surface area contributed by atoms with Gasteiger partial charge in [-0.1, -0.05) is 38.5 Å². The number of hydrogen-bond donors (Lipinski definition) is 1. The molecule has 0 saturated carbocycles. The van der Waals surface area contributed by atoms with E-state index in [1.54, 1.807) is 6.20 Å². The van der Waals surface area contributed by atoms with E-state index in [9.17, 15) is 0 Å². The van der Waals surface area contributed by atoms with Crippen LogP contribution in [0.15, 0.2) is 36.7 Å². The highest BCUT2D eigenvalue weighted by Gasteiger charge is 2.19. The van der Waals surface area contributed by atoms with Crippen molar-refractivity contribution < 1.29 is 4.74 Å². The molecule has 0 radical (unpaired) electrons. The van der Waals surface area contributed by atoms with Gasteiger partial charge in [0.15, 0.2) is 0 Å². The number of rotatable bonds is 4. The summed E-state index contributed by atoms with van der Waals surface area (Å²) >= 11 is 0. The van der Waals surface area contributed by atoms with Gasteiger partial charge in [0.25, 0.3) is 0 Å². The van der Waals surface area contributed by atoms with Crippen LogP contribution >= 0.6 is 0 Å². The van der Waals surface area contributed by atoms with Crippen LogP contribution < -0.4 is 10.1 Å². The molecule has 0 spiro atoms. The van der Waals surface area contributed by atoms with E-state index in [2.05, 4.69) is 50.1 Å². The first-order valence-corrected chi connectivity index (χ1v) is 7.27. The quantitative estimate of drug-likeness (QED) is 0.913. The maximum absolute atomic E-state index is 6.09. The molecule has 1 aromatic carbocycles. The fourth-order valence-corrected chi connectivity index (χ4v) is 2.27. The molecule has 0 saturated heterocycles. The van der Waals surface area contributed by atoms with Crippen molar-refractivity contribution in [3.8, 4) is 11.5 Å². The molecule has 0 unspecified atom stereocenters. The molecule has 1 heterocycles. The zero-order valence-corrected chi connectivity index (χ0v) is 13.5. The van der Waals surface area contributed by atoms with Crippen molar-refractivity contribution in [1.29, 1.82) is 0 Å². The van der Waals surface area contributed by atoms with Gasteiger partial charge in [0.2, 0.25) is 0 Å². The van der Waals surface area contributed by atoms with Crippen LogP contribution in [0.3, 0.4) is 0 Å². The zero-order valence-electron chi connectivity index (χ0n) is 13.5. The van der Waals surface area contributed by atoms with E-state index in [1.165, 1.54) is 11.1 Å². The highest BCUT2D eigenvalue weighted by molar-refractivity contribution is 5.43.